The van der Waals surface area contributed by atoms with E-state index in [4.69, 9.17) is 19.9 Å². The first-order valence-electron chi connectivity index (χ1n) is 15.3. The fourth-order valence-electron chi connectivity index (χ4n) is 5.80. The highest BCUT2D eigenvalue weighted by Gasteiger charge is 2.28. The SMILES string of the molecule is COC(=O)c1cc(C)nc(-c2cnn(C)c2OCCC[C@@H](C)Cn2c(N)nc3ccc4c(c32)CCN(C(=O)OC(C)(C)C)C4)c1. The van der Waals surface area contributed by atoms with Gasteiger partial charge in [-0.3, -0.25) is 4.98 Å². The van der Waals surface area contributed by atoms with Crippen molar-refractivity contribution in [1.82, 2.24) is 29.2 Å². The molecular weight excluding hydrogens is 574 g/mol. The highest BCUT2D eigenvalue weighted by molar-refractivity contribution is 5.91. The fraction of sp³-hybridized carbons (Fsp3) is 0.485. The molecule has 0 saturated heterocycles. The Bertz CT molecular complexity index is 1720. The van der Waals surface area contributed by atoms with Crippen LogP contribution in [0.5, 0.6) is 5.88 Å². The van der Waals surface area contributed by atoms with Crippen molar-refractivity contribution in [2.45, 2.75) is 72.6 Å². The summed E-state index contributed by atoms with van der Waals surface area (Å²) in [7, 11) is 3.18. The fourth-order valence-corrected chi connectivity index (χ4v) is 5.80. The number of methoxy groups -OCH3 is 1. The van der Waals surface area contributed by atoms with E-state index >= 15 is 0 Å². The third-order valence-corrected chi connectivity index (χ3v) is 7.89. The van der Waals surface area contributed by atoms with Gasteiger partial charge in [-0.15, -0.1) is 0 Å². The zero-order chi connectivity index (χ0) is 32.5. The van der Waals surface area contributed by atoms with Gasteiger partial charge in [0.25, 0.3) is 0 Å². The first-order valence-corrected chi connectivity index (χ1v) is 15.3. The van der Waals surface area contributed by atoms with E-state index in [1.165, 1.54) is 12.7 Å². The number of nitrogen functional groups attached to an aromatic ring is 1. The average molecular weight is 618 g/mol. The van der Waals surface area contributed by atoms with Crippen molar-refractivity contribution < 1.29 is 23.8 Å². The van der Waals surface area contributed by atoms with Gasteiger partial charge < -0.3 is 29.4 Å². The lowest BCUT2D eigenvalue weighted by Gasteiger charge is -2.31. The molecule has 2 N–H and O–H groups in total. The molecule has 12 nitrogen and oxygen atoms in total. The molecule has 1 amide bonds. The second-order valence-corrected chi connectivity index (χ2v) is 12.8. The number of rotatable bonds is 9. The monoisotopic (exact) mass is 617 g/mol. The number of ether oxygens (including phenoxy) is 3. The Balaban J connectivity index is 1.23. The van der Waals surface area contributed by atoms with E-state index in [1.54, 1.807) is 27.9 Å². The van der Waals surface area contributed by atoms with Crippen molar-refractivity contribution in [3.05, 3.63) is 52.8 Å². The molecule has 45 heavy (non-hydrogen) atoms. The number of nitrogens with zero attached hydrogens (tertiary/aromatic N) is 6. The Labute approximate surface area is 263 Å². The molecule has 5 rings (SSSR count). The number of fused-ring (bicyclic) bond motifs is 3. The molecule has 0 bridgehead atoms. The molecule has 240 valence electrons. The number of benzene rings is 1. The number of imidazole rings is 1. The first kappa shape index (κ1) is 31.8. The molecule has 0 unspecified atom stereocenters. The Morgan fingerprint density at radius 1 is 1.16 bits per heavy atom. The molecule has 1 aliphatic rings. The number of pyridine rings is 1. The van der Waals surface area contributed by atoms with E-state index in [2.05, 4.69) is 26.6 Å². The van der Waals surface area contributed by atoms with E-state index in [0.29, 0.717) is 66.4 Å². The third-order valence-electron chi connectivity index (χ3n) is 7.89. The summed E-state index contributed by atoms with van der Waals surface area (Å²) in [4.78, 5) is 35.8. The summed E-state index contributed by atoms with van der Waals surface area (Å²) in [5.41, 5.74) is 12.5. The summed E-state index contributed by atoms with van der Waals surface area (Å²) in [5, 5.41) is 4.37. The molecule has 4 aromatic rings. The summed E-state index contributed by atoms with van der Waals surface area (Å²) >= 11 is 0. The number of amides is 1. The molecule has 0 radical (unpaired) electrons. The van der Waals surface area contributed by atoms with Crippen LogP contribution in [0, 0.1) is 12.8 Å². The number of aromatic nitrogens is 5. The highest BCUT2D eigenvalue weighted by Crippen LogP contribution is 2.32. The van der Waals surface area contributed by atoms with E-state index in [0.717, 1.165) is 36.0 Å². The van der Waals surface area contributed by atoms with Crippen LogP contribution in [-0.4, -0.2) is 67.1 Å². The summed E-state index contributed by atoms with van der Waals surface area (Å²) in [6.45, 7) is 11.9. The maximum absolute atomic E-state index is 12.7. The smallest absolute Gasteiger partial charge is 0.410 e. The Kier molecular flexibility index (Phi) is 9.03. The summed E-state index contributed by atoms with van der Waals surface area (Å²) < 4.78 is 20.5. The molecule has 4 heterocycles. The van der Waals surface area contributed by atoms with E-state index in [9.17, 15) is 9.59 Å². The Morgan fingerprint density at radius 3 is 2.67 bits per heavy atom. The van der Waals surface area contributed by atoms with Gasteiger partial charge in [0.05, 0.1) is 47.8 Å². The van der Waals surface area contributed by atoms with Crippen LogP contribution in [0.25, 0.3) is 22.3 Å². The van der Waals surface area contributed by atoms with Gasteiger partial charge in [0.15, 0.2) is 0 Å². The molecule has 1 atom stereocenters. The van der Waals surface area contributed by atoms with Gasteiger partial charge in [-0.25, -0.2) is 19.3 Å². The zero-order valence-electron chi connectivity index (χ0n) is 27.2. The second kappa shape index (κ2) is 12.8. The lowest BCUT2D eigenvalue weighted by molar-refractivity contribution is 0.0224. The van der Waals surface area contributed by atoms with Crippen LogP contribution in [0.4, 0.5) is 10.7 Å². The predicted octanol–water partition coefficient (Wildman–Crippen LogP) is 5.30. The van der Waals surface area contributed by atoms with Crippen LogP contribution in [-0.2, 0) is 36.0 Å². The normalized spacial score (nSPS) is 13.9. The Morgan fingerprint density at radius 2 is 1.93 bits per heavy atom. The van der Waals surface area contributed by atoms with Crippen molar-refractivity contribution >= 4 is 29.0 Å². The largest absolute Gasteiger partial charge is 0.477 e. The maximum Gasteiger partial charge on any atom is 0.410 e. The van der Waals surface area contributed by atoms with Crippen molar-refractivity contribution in [3.63, 3.8) is 0 Å². The molecule has 1 aromatic carbocycles. The van der Waals surface area contributed by atoms with Gasteiger partial charge in [0.1, 0.15) is 5.60 Å². The van der Waals surface area contributed by atoms with Gasteiger partial charge in [-0.1, -0.05) is 13.0 Å². The molecule has 0 spiro atoms. The number of aryl methyl sites for hydroxylation is 2. The zero-order valence-corrected chi connectivity index (χ0v) is 27.2. The van der Waals surface area contributed by atoms with Crippen molar-refractivity contribution in [2.75, 3.05) is 26.0 Å². The van der Waals surface area contributed by atoms with Crippen LogP contribution in [0.1, 0.15) is 67.7 Å². The number of anilines is 1. The molecule has 3 aromatic heterocycles. The lowest BCUT2D eigenvalue weighted by atomic mass is 9.97. The van der Waals surface area contributed by atoms with E-state index < -0.39 is 11.6 Å². The average Bonchev–Trinajstić information content (AvgIpc) is 3.51. The Hall–Kier alpha value is -4.61. The van der Waals surface area contributed by atoms with E-state index in [1.807, 2.05) is 46.9 Å². The second-order valence-electron chi connectivity index (χ2n) is 12.8. The minimum atomic E-state index is -0.538. The summed E-state index contributed by atoms with van der Waals surface area (Å²) in [6, 6.07) is 7.42. The van der Waals surface area contributed by atoms with Crippen LogP contribution >= 0.6 is 0 Å². The molecule has 0 saturated carbocycles. The highest BCUT2D eigenvalue weighted by atomic mass is 16.6. The number of esters is 1. The molecule has 0 fully saturated rings. The predicted molar refractivity (Wildman–Crippen MR) is 171 cm³/mol. The molecule has 1 aliphatic heterocycles. The van der Waals surface area contributed by atoms with Gasteiger partial charge in [-0.05, 0) is 82.2 Å². The topological polar surface area (TPSA) is 140 Å². The van der Waals surface area contributed by atoms with Crippen LogP contribution in [0.3, 0.4) is 0 Å². The van der Waals surface area contributed by atoms with Gasteiger partial charge in [0.2, 0.25) is 11.8 Å². The first-order chi connectivity index (χ1) is 21.3. The number of carbonyl (C=O) groups is 2. The minimum Gasteiger partial charge on any atom is -0.477 e. The number of nitrogens with two attached hydrogens (primary N) is 1. The van der Waals surface area contributed by atoms with Gasteiger partial charge >= 0.3 is 12.1 Å². The van der Waals surface area contributed by atoms with Crippen molar-refractivity contribution in [1.29, 1.82) is 0 Å². The van der Waals surface area contributed by atoms with Gasteiger partial charge in [0, 0.05) is 32.4 Å². The standard InChI is InChI=1S/C33H43N7O5/c1-20(9-8-14-44-29-25(17-35-38(29)6)27-16-23(30(41)43-7)15-21(2)36-27)18-40-28-24-12-13-39(32(42)45-33(3,4)5)19-22(24)10-11-26(28)37-31(40)34/h10-11,15-17,20H,8-9,12-14,18-19H2,1-7H3,(H2,34,37)/t20-/m1/s1. The number of hydrogen-bond donors (Lipinski definition) is 1. The lowest BCUT2D eigenvalue weighted by Crippen LogP contribution is -2.40. The number of carbonyl (C=O) groups excluding carboxylic acids is 2. The van der Waals surface area contributed by atoms with Crippen LogP contribution < -0.4 is 10.5 Å². The summed E-state index contributed by atoms with van der Waals surface area (Å²) in [5.74, 6) is 0.968. The van der Waals surface area contributed by atoms with Crippen LogP contribution in [0.2, 0.25) is 0 Å². The van der Waals surface area contributed by atoms with Crippen molar-refractivity contribution in [2.24, 2.45) is 13.0 Å². The molecular formula is C33H43N7O5. The number of hydrogen-bond acceptors (Lipinski definition) is 9. The summed E-state index contributed by atoms with van der Waals surface area (Å²) in [6.07, 6.45) is 3.83. The minimum absolute atomic E-state index is 0.295. The molecule has 12 heteroatoms. The third kappa shape index (κ3) is 7.05. The quantitative estimate of drug-likeness (QED) is 0.196. The van der Waals surface area contributed by atoms with Gasteiger partial charge in [-0.2, -0.15) is 5.10 Å². The maximum atomic E-state index is 12.7. The van der Waals surface area contributed by atoms with Crippen LogP contribution in [0.15, 0.2) is 30.5 Å². The van der Waals surface area contributed by atoms with Crippen molar-refractivity contribution in [3.8, 4) is 17.1 Å². The molecule has 0 aliphatic carbocycles. The van der Waals surface area contributed by atoms with E-state index in [-0.39, 0.29) is 6.09 Å².